The Morgan fingerprint density at radius 3 is 2.93 bits per heavy atom. The summed E-state index contributed by atoms with van der Waals surface area (Å²) < 4.78 is -1.04. The molecule has 4 unspecified atom stereocenters. The van der Waals surface area contributed by atoms with Crippen LogP contribution in [-0.4, -0.2) is 82.9 Å². The number of carboxylic acid groups (broad SMARTS) is 1. The van der Waals surface area contributed by atoms with Crippen LogP contribution in [0.3, 0.4) is 0 Å². The summed E-state index contributed by atoms with van der Waals surface area (Å²) in [5.41, 5.74) is 6.89. The molecule has 4 heterocycles. The molecule has 0 saturated carbocycles. The molecule has 0 aromatic rings. The Morgan fingerprint density at radius 1 is 1.54 bits per heavy atom. The van der Waals surface area contributed by atoms with Gasteiger partial charge in [0.25, 0.3) is 5.12 Å². The second-order valence-corrected chi connectivity index (χ2v) is 11.6. The molecule has 4 N–H and O–H groups in total. The van der Waals surface area contributed by atoms with Gasteiger partial charge in [-0.25, -0.2) is 24.8 Å². The molecule has 28 heavy (non-hydrogen) atoms. The second-order valence-electron chi connectivity index (χ2n) is 6.51. The lowest BCUT2D eigenvalue weighted by atomic mass is 9.91. The van der Waals surface area contributed by atoms with Crippen molar-refractivity contribution in [1.82, 2.24) is 4.90 Å². The van der Waals surface area contributed by atoms with E-state index >= 15 is 0 Å². The Balaban J connectivity index is 1.71. The maximum absolute atomic E-state index is 12.6. The van der Waals surface area contributed by atoms with Crippen LogP contribution in [0, 0.1) is 5.92 Å². The lowest BCUT2D eigenvalue weighted by Gasteiger charge is -2.44. The number of amides is 1. The molecule has 0 bridgehead atoms. The van der Waals surface area contributed by atoms with Crippen LogP contribution < -0.4 is 5.73 Å². The molecule has 1 amide bonds. The number of carbonyl (C=O) groups excluding carboxylic acids is 1. The van der Waals surface area contributed by atoms with Crippen molar-refractivity contribution < 1.29 is 19.8 Å². The minimum absolute atomic E-state index is 0.345. The van der Waals surface area contributed by atoms with Crippen molar-refractivity contribution in [1.29, 1.82) is 0 Å². The van der Waals surface area contributed by atoms with Gasteiger partial charge in [0.05, 0.1) is 23.6 Å². The number of aliphatic hydroxyl groups is 1. The highest BCUT2D eigenvalue weighted by Gasteiger charge is 2.69. The molecule has 6 atom stereocenters. The molecular weight excluding hydrogens is 424 g/mol. The third-order valence-electron chi connectivity index (χ3n) is 4.65. The smallest absolute Gasteiger partial charge is 0.329 e. The minimum atomic E-state index is -1.49. The van der Waals surface area contributed by atoms with E-state index in [1.165, 1.54) is 47.9 Å². The zero-order chi connectivity index (χ0) is 20.3. The number of fused-ring (bicyclic) bond motifs is 2. The van der Waals surface area contributed by atoms with Crippen molar-refractivity contribution in [2.24, 2.45) is 31.6 Å². The van der Waals surface area contributed by atoms with Gasteiger partial charge < -0.3 is 15.1 Å². The second kappa shape index (κ2) is 6.83. The zero-order valence-electron chi connectivity index (χ0n) is 14.9. The number of carboxylic acids is 1. The molecule has 0 spiro atoms. The van der Waals surface area contributed by atoms with Crippen molar-refractivity contribution in [2.45, 2.75) is 39.9 Å². The molecular formula is C15H18N6O4S3. The monoisotopic (exact) mass is 442 g/mol. The fraction of sp³-hybridized carbons (Fsp3) is 0.600. The number of hydrogen-bond donors (Lipinski definition) is 3. The largest absolute Gasteiger partial charge is 0.480 e. The molecule has 4 aliphatic rings. The molecule has 4 aliphatic heterocycles. The maximum atomic E-state index is 12.6. The van der Waals surface area contributed by atoms with E-state index in [9.17, 15) is 19.8 Å². The van der Waals surface area contributed by atoms with Gasteiger partial charge in [-0.2, -0.15) is 0 Å². The van der Waals surface area contributed by atoms with Gasteiger partial charge >= 0.3 is 5.97 Å². The summed E-state index contributed by atoms with van der Waals surface area (Å²) in [6, 6.07) is -1.13. The van der Waals surface area contributed by atoms with Gasteiger partial charge in [0.1, 0.15) is 15.5 Å². The normalized spacial score (nSPS) is 39.2. The summed E-state index contributed by atoms with van der Waals surface area (Å²) in [6.45, 7) is 3.44. The SMILES string of the molecule is CCSC1(SC2(N)N=CC3=NC=NC3=N2)S[C@@H]2[C@@H](C(C)O)C(=O)N2C1C(=O)O. The van der Waals surface area contributed by atoms with Gasteiger partial charge in [-0.3, -0.25) is 10.5 Å². The molecule has 10 nitrogen and oxygen atoms in total. The Labute approximate surface area is 173 Å². The van der Waals surface area contributed by atoms with Crippen molar-refractivity contribution in [3.05, 3.63) is 0 Å². The molecule has 0 aliphatic carbocycles. The number of nitrogens with two attached hydrogens (primary N) is 1. The first-order chi connectivity index (χ1) is 13.2. The quantitative estimate of drug-likeness (QED) is 0.384. The van der Waals surface area contributed by atoms with Crippen LogP contribution in [0.15, 0.2) is 20.0 Å². The standard InChI is InChI=1S/C15H18N6O4S3/c1-3-26-14(28-15(16)19-4-7-10(20-15)18-5-17-7)9(13(24)25)21-11(23)8(6(2)22)12(21)27-14/h4-6,8-9,12,22H,3,16H2,1-2H3,(H,24,25)/t6?,8-,9?,12+,14?,15?/m0/s1. The molecule has 150 valence electrons. The number of nitrogens with zero attached hydrogens (tertiary/aromatic N) is 5. The molecule has 0 radical (unpaired) electrons. The van der Waals surface area contributed by atoms with Crippen molar-refractivity contribution in [3.63, 3.8) is 0 Å². The first-order valence-corrected chi connectivity index (χ1v) is 11.2. The van der Waals surface area contributed by atoms with Crippen molar-refractivity contribution in [2.75, 3.05) is 5.75 Å². The minimum Gasteiger partial charge on any atom is -0.480 e. The zero-order valence-corrected chi connectivity index (χ0v) is 17.4. The van der Waals surface area contributed by atoms with Crippen LogP contribution in [0.4, 0.5) is 0 Å². The Bertz CT molecular complexity index is 861. The molecule has 2 fully saturated rings. The number of aliphatic imine (C=N–C) groups is 4. The number of rotatable bonds is 6. The van der Waals surface area contributed by atoms with Gasteiger partial charge in [-0.05, 0) is 12.7 Å². The number of hydrogen-bond acceptors (Lipinski definition) is 11. The Kier molecular flexibility index (Phi) is 4.85. The van der Waals surface area contributed by atoms with E-state index in [2.05, 4.69) is 20.0 Å². The van der Waals surface area contributed by atoms with Gasteiger partial charge in [0, 0.05) is 0 Å². The van der Waals surface area contributed by atoms with E-state index in [0.29, 0.717) is 17.3 Å². The summed E-state index contributed by atoms with van der Waals surface area (Å²) in [7, 11) is 0. The molecule has 2 saturated heterocycles. The molecule has 4 rings (SSSR count). The Morgan fingerprint density at radius 2 is 2.29 bits per heavy atom. The average molecular weight is 443 g/mol. The van der Waals surface area contributed by atoms with Crippen molar-refractivity contribution in [3.8, 4) is 0 Å². The number of aliphatic carboxylic acids is 1. The van der Waals surface area contributed by atoms with E-state index in [1.807, 2.05) is 6.92 Å². The van der Waals surface area contributed by atoms with Gasteiger partial charge in [-0.15, -0.1) is 23.5 Å². The summed E-state index contributed by atoms with van der Waals surface area (Å²) in [4.78, 5) is 42.8. The lowest BCUT2D eigenvalue weighted by Crippen LogP contribution is -2.65. The average Bonchev–Trinajstić information content (AvgIpc) is 3.15. The third kappa shape index (κ3) is 2.91. The Hall–Kier alpha value is -1.41. The molecule has 0 aromatic carbocycles. The van der Waals surface area contributed by atoms with E-state index in [1.54, 1.807) is 0 Å². The van der Waals surface area contributed by atoms with Gasteiger partial charge in [-0.1, -0.05) is 18.7 Å². The predicted molar refractivity (Wildman–Crippen MR) is 112 cm³/mol. The van der Waals surface area contributed by atoms with Crippen LogP contribution >= 0.6 is 35.3 Å². The maximum Gasteiger partial charge on any atom is 0.329 e. The van der Waals surface area contributed by atoms with Crippen LogP contribution in [0.5, 0.6) is 0 Å². The number of amidine groups is 1. The van der Waals surface area contributed by atoms with E-state index < -0.39 is 37.9 Å². The predicted octanol–water partition coefficient (Wildman–Crippen LogP) is 0.0276. The van der Waals surface area contributed by atoms with Crippen LogP contribution in [-0.2, 0) is 9.59 Å². The van der Waals surface area contributed by atoms with Crippen LogP contribution in [0.1, 0.15) is 13.8 Å². The topological polar surface area (TPSA) is 153 Å². The first-order valence-electron chi connectivity index (χ1n) is 8.51. The number of aliphatic hydroxyl groups excluding tert-OH is 1. The molecule has 13 heteroatoms. The highest BCUT2D eigenvalue weighted by atomic mass is 32.3. The highest BCUT2D eigenvalue weighted by Crippen LogP contribution is 2.65. The number of β-lactam (4-membered cyclic amide) rings is 1. The number of carbonyl (C=O) groups is 2. The van der Waals surface area contributed by atoms with Gasteiger partial charge in [0.2, 0.25) is 5.91 Å². The summed E-state index contributed by atoms with van der Waals surface area (Å²) in [5, 5.41) is 18.0. The summed E-state index contributed by atoms with van der Waals surface area (Å²) in [6.07, 6.45) is 1.96. The van der Waals surface area contributed by atoms with E-state index in [0.717, 1.165) is 11.8 Å². The highest BCUT2D eigenvalue weighted by molar-refractivity contribution is 8.34. The third-order valence-corrected chi connectivity index (χ3v) is 9.67. The van der Waals surface area contributed by atoms with Gasteiger partial charge in [0.15, 0.2) is 11.9 Å². The summed E-state index contributed by atoms with van der Waals surface area (Å²) in [5.74, 6) is -1.19. The lowest BCUT2D eigenvalue weighted by molar-refractivity contribution is -0.166. The van der Waals surface area contributed by atoms with Crippen molar-refractivity contribution >= 4 is 71.3 Å². The van der Waals surface area contributed by atoms with Crippen LogP contribution in [0.25, 0.3) is 0 Å². The summed E-state index contributed by atoms with van der Waals surface area (Å²) >= 11 is 3.79. The molecule has 0 aromatic heterocycles. The first kappa shape index (κ1) is 19.9. The van der Waals surface area contributed by atoms with Crippen LogP contribution in [0.2, 0.25) is 0 Å². The fourth-order valence-corrected chi connectivity index (χ4v) is 9.50. The van der Waals surface area contributed by atoms with E-state index in [4.69, 9.17) is 5.73 Å². The fourth-order valence-electron chi connectivity index (χ4n) is 3.50. The van der Waals surface area contributed by atoms with E-state index in [-0.39, 0.29) is 5.91 Å². The number of thioether (sulfide) groups is 3.